The van der Waals surface area contributed by atoms with Crippen molar-refractivity contribution in [2.24, 2.45) is 16.8 Å². The molecule has 29 heavy (non-hydrogen) atoms. The third kappa shape index (κ3) is 9.81. The maximum Gasteiger partial charge on any atom is 0.223 e. The zero-order valence-electron chi connectivity index (χ0n) is 18.7. The van der Waals surface area contributed by atoms with E-state index < -0.39 is 0 Å². The lowest BCUT2D eigenvalue weighted by Gasteiger charge is -2.30. The van der Waals surface area contributed by atoms with Gasteiger partial charge >= 0.3 is 0 Å². The molecule has 0 bridgehead atoms. The third-order valence-corrected chi connectivity index (χ3v) is 5.57. The molecule has 0 aromatic carbocycles. The molecule has 7 heteroatoms. The molecule has 2 fully saturated rings. The van der Waals surface area contributed by atoms with Gasteiger partial charge in [-0.3, -0.25) is 9.79 Å². The fraction of sp³-hybridized carbons (Fsp3) is 0.909. The van der Waals surface area contributed by atoms with Crippen LogP contribution in [0.4, 0.5) is 0 Å². The van der Waals surface area contributed by atoms with E-state index in [-0.39, 0.29) is 17.9 Å². The van der Waals surface area contributed by atoms with Gasteiger partial charge in [0.1, 0.15) is 0 Å². The Balaban J connectivity index is 1.68. The zero-order chi connectivity index (χ0) is 20.9. The summed E-state index contributed by atoms with van der Waals surface area (Å²) in [5, 5.41) is 9.93. The number of hydrogen-bond acceptors (Lipinski definition) is 4. The van der Waals surface area contributed by atoms with E-state index in [9.17, 15) is 4.79 Å². The highest BCUT2D eigenvalue weighted by Crippen LogP contribution is 2.24. The number of nitrogens with zero attached hydrogens (tertiary/aromatic N) is 1. The number of guanidine groups is 1. The molecule has 1 amide bonds. The van der Waals surface area contributed by atoms with Crippen molar-refractivity contribution in [3.63, 3.8) is 0 Å². The summed E-state index contributed by atoms with van der Waals surface area (Å²) in [5.41, 5.74) is 0. The molecule has 0 aromatic heterocycles. The number of nitrogens with one attached hydrogen (secondary N) is 3. The molecule has 1 aliphatic heterocycles. The van der Waals surface area contributed by atoms with Gasteiger partial charge in [-0.15, -0.1) is 0 Å². The Bertz CT molecular complexity index is 492. The molecule has 0 radical (unpaired) electrons. The lowest BCUT2D eigenvalue weighted by atomic mass is 9.85. The Morgan fingerprint density at radius 3 is 2.72 bits per heavy atom. The van der Waals surface area contributed by atoms with Crippen LogP contribution < -0.4 is 16.0 Å². The maximum atomic E-state index is 12.3. The molecule has 2 rings (SSSR count). The van der Waals surface area contributed by atoms with E-state index in [0.29, 0.717) is 12.0 Å². The molecule has 168 valence electrons. The smallest absolute Gasteiger partial charge is 0.223 e. The van der Waals surface area contributed by atoms with Crippen LogP contribution in [-0.2, 0) is 14.3 Å². The van der Waals surface area contributed by atoms with Crippen molar-refractivity contribution in [1.29, 1.82) is 0 Å². The topological polar surface area (TPSA) is 84.0 Å². The number of aliphatic imine (C=N–C) groups is 1. The molecule has 3 N–H and O–H groups in total. The van der Waals surface area contributed by atoms with Crippen molar-refractivity contribution in [1.82, 2.24) is 16.0 Å². The molecule has 7 nitrogen and oxygen atoms in total. The average molecular weight is 411 g/mol. The van der Waals surface area contributed by atoms with Gasteiger partial charge in [-0.1, -0.05) is 6.42 Å². The van der Waals surface area contributed by atoms with E-state index in [1.54, 1.807) is 0 Å². The first-order valence-corrected chi connectivity index (χ1v) is 11.6. The summed E-state index contributed by atoms with van der Waals surface area (Å²) in [6, 6.07) is 0.498. The molecule has 1 saturated carbocycles. The lowest BCUT2D eigenvalue weighted by Crippen LogP contribution is -2.47. The molecule has 2 atom stereocenters. The van der Waals surface area contributed by atoms with Crippen LogP contribution in [0.25, 0.3) is 0 Å². The minimum Gasteiger partial charge on any atom is -0.381 e. The van der Waals surface area contributed by atoms with Crippen LogP contribution in [0.15, 0.2) is 4.99 Å². The second kappa shape index (κ2) is 13.8. The van der Waals surface area contributed by atoms with Gasteiger partial charge in [0.25, 0.3) is 0 Å². The van der Waals surface area contributed by atoms with Crippen LogP contribution in [0.5, 0.6) is 0 Å². The van der Waals surface area contributed by atoms with Crippen LogP contribution in [0.3, 0.4) is 0 Å². The van der Waals surface area contributed by atoms with E-state index in [1.807, 2.05) is 13.8 Å². The van der Waals surface area contributed by atoms with Crippen LogP contribution in [0, 0.1) is 11.8 Å². The average Bonchev–Trinajstić information content (AvgIpc) is 2.71. The van der Waals surface area contributed by atoms with Crippen molar-refractivity contribution in [2.75, 3.05) is 39.5 Å². The number of carbonyl (C=O) groups is 1. The molecular weight excluding hydrogens is 368 g/mol. The number of hydrogen-bond donors (Lipinski definition) is 3. The highest BCUT2D eigenvalue weighted by molar-refractivity contribution is 5.81. The first-order chi connectivity index (χ1) is 14.1. The summed E-state index contributed by atoms with van der Waals surface area (Å²) in [6.07, 6.45) is 7.17. The number of carbonyl (C=O) groups excluding carboxylic acids is 1. The number of amides is 1. The molecule has 1 aliphatic carbocycles. The van der Waals surface area contributed by atoms with E-state index in [0.717, 1.165) is 90.4 Å². The maximum absolute atomic E-state index is 12.3. The largest absolute Gasteiger partial charge is 0.381 e. The van der Waals surface area contributed by atoms with Crippen molar-refractivity contribution in [2.45, 2.75) is 77.8 Å². The zero-order valence-corrected chi connectivity index (χ0v) is 18.7. The summed E-state index contributed by atoms with van der Waals surface area (Å²) in [7, 11) is 0. The summed E-state index contributed by atoms with van der Waals surface area (Å²) in [4.78, 5) is 17.1. The Kier molecular flexibility index (Phi) is 11.4. The summed E-state index contributed by atoms with van der Waals surface area (Å²) in [6.45, 7) is 11.0. The molecule has 1 saturated heterocycles. The quantitative estimate of drug-likeness (QED) is 0.293. The lowest BCUT2D eigenvalue weighted by molar-refractivity contribution is -0.126. The van der Waals surface area contributed by atoms with Gasteiger partial charge < -0.3 is 25.4 Å². The van der Waals surface area contributed by atoms with E-state index in [4.69, 9.17) is 14.5 Å². The van der Waals surface area contributed by atoms with Crippen molar-refractivity contribution in [3.8, 4) is 0 Å². The van der Waals surface area contributed by atoms with Crippen LogP contribution in [0.2, 0.25) is 0 Å². The molecular formula is C22H42N4O3. The molecule has 1 heterocycles. The van der Waals surface area contributed by atoms with Gasteiger partial charge in [-0.05, 0) is 65.2 Å². The van der Waals surface area contributed by atoms with Crippen LogP contribution in [-0.4, -0.2) is 63.5 Å². The third-order valence-electron chi connectivity index (χ3n) is 5.57. The predicted octanol–water partition coefficient (Wildman–Crippen LogP) is 2.46. The highest BCUT2D eigenvalue weighted by Gasteiger charge is 2.28. The second-order valence-electron chi connectivity index (χ2n) is 8.61. The minimum absolute atomic E-state index is 0.102. The summed E-state index contributed by atoms with van der Waals surface area (Å²) < 4.78 is 11.2. The fourth-order valence-electron chi connectivity index (χ4n) is 4.00. The van der Waals surface area contributed by atoms with Gasteiger partial charge in [0.05, 0.1) is 0 Å². The van der Waals surface area contributed by atoms with Gasteiger partial charge in [0.15, 0.2) is 5.96 Å². The first kappa shape index (κ1) is 23.9. The Labute approximate surface area is 176 Å². The first-order valence-electron chi connectivity index (χ1n) is 11.6. The summed E-state index contributed by atoms with van der Waals surface area (Å²) in [5.74, 6) is 1.80. The van der Waals surface area contributed by atoms with Crippen LogP contribution in [0.1, 0.15) is 65.7 Å². The van der Waals surface area contributed by atoms with Gasteiger partial charge in [-0.2, -0.15) is 0 Å². The number of rotatable bonds is 10. The summed E-state index contributed by atoms with van der Waals surface area (Å²) >= 11 is 0. The minimum atomic E-state index is 0.102. The molecule has 0 aromatic rings. The van der Waals surface area contributed by atoms with Crippen molar-refractivity contribution >= 4 is 11.9 Å². The highest BCUT2D eigenvalue weighted by atomic mass is 16.5. The predicted molar refractivity (Wildman–Crippen MR) is 117 cm³/mol. The molecule has 2 aliphatic rings. The van der Waals surface area contributed by atoms with Gasteiger partial charge in [0.2, 0.25) is 5.91 Å². The Hall–Kier alpha value is -1.34. The van der Waals surface area contributed by atoms with E-state index in [1.165, 1.54) is 0 Å². The normalized spacial score (nSPS) is 23.8. The molecule has 0 spiro atoms. The number of ether oxygens (including phenoxy) is 2. The van der Waals surface area contributed by atoms with Crippen LogP contribution >= 0.6 is 0 Å². The van der Waals surface area contributed by atoms with Gasteiger partial charge in [-0.25, -0.2) is 0 Å². The SMILES string of the molecule is CCNC(=NCCCOCC1CCOCC1)NC1CCCC(C(=O)NC(C)C)C1. The fourth-order valence-corrected chi connectivity index (χ4v) is 4.00. The van der Waals surface area contributed by atoms with Crippen molar-refractivity contribution < 1.29 is 14.3 Å². The van der Waals surface area contributed by atoms with E-state index in [2.05, 4.69) is 22.9 Å². The van der Waals surface area contributed by atoms with Gasteiger partial charge in [0, 0.05) is 57.5 Å². The Morgan fingerprint density at radius 2 is 2.00 bits per heavy atom. The van der Waals surface area contributed by atoms with E-state index >= 15 is 0 Å². The monoisotopic (exact) mass is 410 g/mol. The molecule has 2 unspecified atom stereocenters. The second-order valence-corrected chi connectivity index (χ2v) is 8.61. The standard InChI is InChI=1S/C22H42N4O3/c1-4-23-22(24-11-6-12-29-16-18-9-13-28-14-10-18)26-20-8-5-7-19(15-20)21(27)25-17(2)3/h17-20H,4-16H2,1-3H3,(H,25,27)(H2,23,24,26). The van der Waals surface area contributed by atoms with Crippen molar-refractivity contribution in [3.05, 3.63) is 0 Å². The Morgan fingerprint density at radius 1 is 1.21 bits per heavy atom.